The molecule has 29 heavy (non-hydrogen) atoms. The summed E-state index contributed by atoms with van der Waals surface area (Å²) in [5.41, 5.74) is 0.183. The standard InChI is InChI=1S/C22H20N4O3/c1-14-6-5-9-18(23-14)24-19(27)13-26-20(28)22(2,25-21(26)29)17-11-10-15-7-3-4-8-16(15)12-17/h3-12H,13H2,1-2H3,(H,25,29)(H,23,24,27)/t22-/m1/s1. The largest absolute Gasteiger partial charge is 0.325 e. The number of aryl methyl sites for hydroxylation is 1. The first-order chi connectivity index (χ1) is 13.9. The summed E-state index contributed by atoms with van der Waals surface area (Å²) in [6, 6.07) is 18.0. The van der Waals surface area contributed by atoms with E-state index in [9.17, 15) is 14.4 Å². The van der Waals surface area contributed by atoms with Gasteiger partial charge in [-0.15, -0.1) is 0 Å². The van der Waals surface area contributed by atoms with Gasteiger partial charge in [0, 0.05) is 5.69 Å². The number of hydrogen-bond acceptors (Lipinski definition) is 4. The smallest absolute Gasteiger partial charge is 0.319 e. The van der Waals surface area contributed by atoms with Gasteiger partial charge in [-0.3, -0.25) is 14.5 Å². The molecule has 1 fully saturated rings. The average Bonchev–Trinajstić information content (AvgIpc) is 2.91. The molecule has 2 heterocycles. The minimum Gasteiger partial charge on any atom is -0.319 e. The summed E-state index contributed by atoms with van der Waals surface area (Å²) in [6.45, 7) is 3.07. The van der Waals surface area contributed by atoms with E-state index in [1.54, 1.807) is 19.1 Å². The molecule has 1 saturated heterocycles. The van der Waals surface area contributed by atoms with Gasteiger partial charge in [-0.2, -0.15) is 0 Å². The monoisotopic (exact) mass is 388 g/mol. The van der Waals surface area contributed by atoms with Gasteiger partial charge in [0.1, 0.15) is 17.9 Å². The number of benzene rings is 2. The second kappa shape index (κ2) is 7.01. The van der Waals surface area contributed by atoms with Crippen molar-refractivity contribution >= 4 is 34.4 Å². The molecular formula is C22H20N4O3. The summed E-state index contributed by atoms with van der Waals surface area (Å²) in [4.78, 5) is 43.0. The Hall–Kier alpha value is -3.74. The van der Waals surface area contributed by atoms with Crippen LogP contribution in [0.4, 0.5) is 10.6 Å². The lowest BCUT2D eigenvalue weighted by Crippen LogP contribution is -2.42. The number of nitrogens with one attached hydrogen (secondary N) is 2. The van der Waals surface area contributed by atoms with Crippen molar-refractivity contribution in [1.82, 2.24) is 15.2 Å². The van der Waals surface area contributed by atoms with Crippen molar-refractivity contribution < 1.29 is 14.4 Å². The molecule has 146 valence electrons. The average molecular weight is 388 g/mol. The van der Waals surface area contributed by atoms with Crippen LogP contribution in [0.25, 0.3) is 10.8 Å². The first kappa shape index (κ1) is 18.6. The minimum absolute atomic E-state index is 0.374. The highest BCUT2D eigenvalue weighted by atomic mass is 16.2. The number of fused-ring (bicyclic) bond motifs is 1. The van der Waals surface area contributed by atoms with Crippen molar-refractivity contribution in [2.45, 2.75) is 19.4 Å². The van der Waals surface area contributed by atoms with Crippen LogP contribution in [0.5, 0.6) is 0 Å². The summed E-state index contributed by atoms with van der Waals surface area (Å²) >= 11 is 0. The molecule has 4 amide bonds. The highest BCUT2D eigenvalue weighted by molar-refractivity contribution is 6.10. The van der Waals surface area contributed by atoms with E-state index < -0.39 is 23.4 Å². The van der Waals surface area contributed by atoms with Gasteiger partial charge >= 0.3 is 6.03 Å². The summed E-state index contributed by atoms with van der Waals surface area (Å²) in [5.74, 6) is -0.584. The summed E-state index contributed by atoms with van der Waals surface area (Å²) < 4.78 is 0. The summed E-state index contributed by atoms with van der Waals surface area (Å²) in [5, 5.41) is 7.36. The first-order valence-electron chi connectivity index (χ1n) is 9.24. The predicted octanol–water partition coefficient (Wildman–Crippen LogP) is 2.95. The molecule has 0 unspecified atom stereocenters. The Morgan fingerprint density at radius 2 is 1.83 bits per heavy atom. The quantitative estimate of drug-likeness (QED) is 0.672. The van der Waals surface area contributed by atoms with E-state index in [1.807, 2.05) is 55.5 Å². The van der Waals surface area contributed by atoms with Crippen molar-refractivity contribution in [3.8, 4) is 0 Å². The lowest BCUT2D eigenvalue weighted by molar-refractivity contribution is -0.133. The Morgan fingerprint density at radius 1 is 1.07 bits per heavy atom. The van der Waals surface area contributed by atoms with Gasteiger partial charge in [0.05, 0.1) is 0 Å². The molecule has 2 aromatic carbocycles. The number of urea groups is 1. The van der Waals surface area contributed by atoms with Crippen LogP contribution in [0.3, 0.4) is 0 Å². The second-order valence-corrected chi connectivity index (χ2v) is 7.22. The van der Waals surface area contributed by atoms with Crippen LogP contribution in [0.15, 0.2) is 60.7 Å². The summed E-state index contributed by atoms with van der Waals surface area (Å²) in [7, 11) is 0. The number of carbonyl (C=O) groups is 3. The number of rotatable bonds is 4. The van der Waals surface area contributed by atoms with Crippen molar-refractivity contribution in [2.75, 3.05) is 11.9 Å². The van der Waals surface area contributed by atoms with Crippen molar-refractivity contribution in [3.05, 3.63) is 71.9 Å². The Balaban J connectivity index is 1.55. The fourth-order valence-electron chi connectivity index (χ4n) is 3.48. The van der Waals surface area contributed by atoms with E-state index in [2.05, 4.69) is 15.6 Å². The molecule has 1 aromatic heterocycles. The van der Waals surface area contributed by atoms with Crippen molar-refractivity contribution in [2.24, 2.45) is 0 Å². The SMILES string of the molecule is Cc1cccc(NC(=O)CN2C(=O)N[C@](C)(c3ccc4ccccc4c3)C2=O)n1. The Bertz CT molecular complexity index is 1140. The molecule has 0 bridgehead atoms. The fourth-order valence-corrected chi connectivity index (χ4v) is 3.48. The van der Waals surface area contributed by atoms with E-state index in [-0.39, 0.29) is 6.54 Å². The van der Waals surface area contributed by atoms with Crippen LogP contribution in [-0.4, -0.2) is 34.3 Å². The van der Waals surface area contributed by atoms with Gasteiger partial charge < -0.3 is 10.6 Å². The molecule has 2 N–H and O–H groups in total. The van der Waals surface area contributed by atoms with E-state index in [1.165, 1.54) is 0 Å². The Labute approximate surface area is 167 Å². The molecule has 4 rings (SSSR count). The molecular weight excluding hydrogens is 368 g/mol. The third-order valence-corrected chi connectivity index (χ3v) is 5.06. The number of amides is 4. The van der Waals surface area contributed by atoms with Gasteiger partial charge in [-0.1, -0.05) is 42.5 Å². The van der Waals surface area contributed by atoms with Crippen LogP contribution in [0.1, 0.15) is 18.2 Å². The van der Waals surface area contributed by atoms with Gasteiger partial charge in [0.2, 0.25) is 5.91 Å². The predicted molar refractivity (Wildman–Crippen MR) is 109 cm³/mol. The van der Waals surface area contributed by atoms with E-state index in [0.717, 1.165) is 21.4 Å². The van der Waals surface area contributed by atoms with E-state index >= 15 is 0 Å². The zero-order valence-corrected chi connectivity index (χ0v) is 16.1. The maximum atomic E-state index is 13.1. The maximum Gasteiger partial charge on any atom is 0.325 e. The fraction of sp³-hybridized carbons (Fsp3) is 0.182. The lowest BCUT2D eigenvalue weighted by Gasteiger charge is -2.22. The highest BCUT2D eigenvalue weighted by Crippen LogP contribution is 2.31. The van der Waals surface area contributed by atoms with E-state index in [4.69, 9.17) is 0 Å². The first-order valence-corrected chi connectivity index (χ1v) is 9.24. The van der Waals surface area contributed by atoms with E-state index in [0.29, 0.717) is 11.4 Å². The molecule has 0 radical (unpaired) electrons. The van der Waals surface area contributed by atoms with Gasteiger partial charge in [0.25, 0.3) is 5.91 Å². The zero-order valence-electron chi connectivity index (χ0n) is 16.1. The normalized spacial score (nSPS) is 18.8. The summed E-state index contributed by atoms with van der Waals surface area (Å²) in [6.07, 6.45) is 0. The number of pyridine rings is 1. The number of hydrogen-bond donors (Lipinski definition) is 2. The van der Waals surface area contributed by atoms with Crippen molar-refractivity contribution in [1.29, 1.82) is 0 Å². The Kier molecular flexibility index (Phi) is 4.50. The van der Waals surface area contributed by atoms with Gasteiger partial charge in [-0.25, -0.2) is 9.78 Å². The molecule has 0 saturated carbocycles. The molecule has 7 nitrogen and oxygen atoms in total. The minimum atomic E-state index is -1.23. The Morgan fingerprint density at radius 3 is 2.59 bits per heavy atom. The number of nitrogens with zero attached hydrogens (tertiary/aromatic N) is 2. The van der Waals surface area contributed by atoms with Crippen LogP contribution < -0.4 is 10.6 Å². The molecule has 1 aliphatic heterocycles. The number of aromatic nitrogens is 1. The molecule has 7 heteroatoms. The van der Waals surface area contributed by atoms with Crippen LogP contribution >= 0.6 is 0 Å². The molecule has 1 atom stereocenters. The molecule has 1 aliphatic rings. The third kappa shape index (κ3) is 3.42. The third-order valence-electron chi connectivity index (χ3n) is 5.06. The molecule has 0 spiro atoms. The lowest BCUT2D eigenvalue weighted by atomic mass is 9.90. The van der Waals surface area contributed by atoms with Crippen molar-refractivity contribution in [3.63, 3.8) is 0 Å². The topological polar surface area (TPSA) is 91.4 Å². The van der Waals surface area contributed by atoms with Gasteiger partial charge in [0.15, 0.2) is 0 Å². The van der Waals surface area contributed by atoms with Crippen LogP contribution in [0, 0.1) is 6.92 Å². The van der Waals surface area contributed by atoms with Crippen LogP contribution in [-0.2, 0) is 15.1 Å². The number of anilines is 1. The molecule has 3 aromatic rings. The maximum absolute atomic E-state index is 13.1. The van der Waals surface area contributed by atoms with Gasteiger partial charge in [-0.05, 0) is 48.4 Å². The number of imide groups is 1. The van der Waals surface area contributed by atoms with Crippen LogP contribution in [0.2, 0.25) is 0 Å². The molecule has 0 aliphatic carbocycles. The number of carbonyl (C=O) groups excluding carboxylic acids is 3. The zero-order chi connectivity index (χ0) is 20.6. The second-order valence-electron chi connectivity index (χ2n) is 7.22. The highest BCUT2D eigenvalue weighted by Gasteiger charge is 2.49.